The monoisotopic (exact) mass is 291 g/mol. The second-order valence-corrected chi connectivity index (χ2v) is 5.10. The number of aromatic carboxylic acids is 1. The first-order chi connectivity index (χ1) is 9.61. The molecule has 0 aliphatic rings. The molecule has 1 aromatic heterocycles. The zero-order valence-electron chi connectivity index (χ0n) is 10.8. The second-order valence-electron chi connectivity index (χ2n) is 4.01. The number of hydrogen-bond acceptors (Lipinski definition) is 5. The lowest BCUT2D eigenvalue weighted by Gasteiger charge is -2.07. The Kier molecular flexibility index (Phi) is 4.57. The molecular weight excluding hydrogens is 278 g/mol. The Bertz CT molecular complexity index is 657. The van der Waals surface area contributed by atoms with E-state index >= 15 is 0 Å². The van der Waals surface area contributed by atoms with Crippen LogP contribution in [0.5, 0.6) is 0 Å². The van der Waals surface area contributed by atoms with Crippen molar-refractivity contribution in [2.45, 2.75) is 11.4 Å². The van der Waals surface area contributed by atoms with Gasteiger partial charge < -0.3 is 9.84 Å². The number of fused-ring (bicyclic) bond motifs is 1. The third-order valence-corrected chi connectivity index (χ3v) is 3.69. The van der Waals surface area contributed by atoms with Crippen LogP contribution in [-0.2, 0) is 9.53 Å². The van der Waals surface area contributed by atoms with E-state index in [0.29, 0.717) is 10.8 Å². The average Bonchev–Trinajstić information content (AvgIpc) is 2.46. The van der Waals surface area contributed by atoms with Gasteiger partial charge in [-0.1, -0.05) is 24.3 Å². The zero-order chi connectivity index (χ0) is 14.5. The molecule has 0 aliphatic carbocycles. The first-order valence-corrected chi connectivity index (χ1v) is 6.93. The van der Waals surface area contributed by atoms with E-state index < -0.39 is 5.97 Å². The minimum Gasteiger partial charge on any atom is -0.477 e. The predicted molar refractivity (Wildman–Crippen MR) is 76.1 cm³/mol. The van der Waals surface area contributed by atoms with E-state index in [2.05, 4.69) is 9.72 Å². The number of methoxy groups -OCH3 is 1. The molecule has 2 rings (SSSR count). The number of hydrogen-bond donors (Lipinski definition) is 1. The van der Waals surface area contributed by atoms with Crippen molar-refractivity contribution in [1.82, 2.24) is 4.98 Å². The van der Waals surface area contributed by atoms with Crippen molar-refractivity contribution < 1.29 is 19.4 Å². The van der Waals surface area contributed by atoms with Gasteiger partial charge >= 0.3 is 11.9 Å². The maximum atomic E-state index is 11.1. The van der Waals surface area contributed by atoms with Crippen LogP contribution in [0.25, 0.3) is 10.8 Å². The Balaban J connectivity index is 2.30. The smallest absolute Gasteiger partial charge is 0.354 e. The van der Waals surface area contributed by atoms with Crippen molar-refractivity contribution in [2.24, 2.45) is 0 Å². The molecule has 0 bridgehead atoms. The lowest BCUT2D eigenvalue weighted by molar-refractivity contribution is -0.140. The van der Waals surface area contributed by atoms with Crippen molar-refractivity contribution in [3.63, 3.8) is 0 Å². The first kappa shape index (κ1) is 14.3. The predicted octanol–water partition coefficient (Wildman–Crippen LogP) is 2.59. The Labute approximate surface area is 120 Å². The van der Waals surface area contributed by atoms with Gasteiger partial charge in [-0.2, -0.15) is 0 Å². The van der Waals surface area contributed by atoms with Gasteiger partial charge in [0.25, 0.3) is 0 Å². The summed E-state index contributed by atoms with van der Waals surface area (Å²) in [6.07, 6.45) is 0.258. The summed E-state index contributed by atoms with van der Waals surface area (Å²) in [5, 5.41) is 11.4. The van der Waals surface area contributed by atoms with Crippen LogP contribution in [0.2, 0.25) is 0 Å². The Morgan fingerprint density at radius 3 is 2.80 bits per heavy atom. The highest BCUT2D eigenvalue weighted by molar-refractivity contribution is 7.99. The summed E-state index contributed by atoms with van der Waals surface area (Å²) >= 11 is 1.35. The van der Waals surface area contributed by atoms with Crippen LogP contribution in [-0.4, -0.2) is 34.9 Å². The number of thioether (sulfide) groups is 1. The van der Waals surface area contributed by atoms with Gasteiger partial charge in [-0.25, -0.2) is 9.78 Å². The number of ether oxygens (including phenoxy) is 1. The molecule has 0 aliphatic heterocycles. The third-order valence-electron chi connectivity index (χ3n) is 2.70. The van der Waals surface area contributed by atoms with Gasteiger partial charge in [0.2, 0.25) is 0 Å². The molecule has 0 radical (unpaired) electrons. The van der Waals surface area contributed by atoms with Crippen LogP contribution in [0.4, 0.5) is 0 Å². The number of aromatic nitrogens is 1. The number of pyridine rings is 1. The summed E-state index contributed by atoms with van der Waals surface area (Å²) in [4.78, 5) is 26.3. The minimum absolute atomic E-state index is 0.00395. The topological polar surface area (TPSA) is 76.5 Å². The van der Waals surface area contributed by atoms with Gasteiger partial charge in [0.1, 0.15) is 10.7 Å². The molecule has 0 saturated heterocycles. The number of rotatable bonds is 5. The number of carbonyl (C=O) groups excluding carboxylic acids is 1. The maximum Gasteiger partial charge on any atom is 0.354 e. The molecule has 0 amide bonds. The number of carboxylic acids is 1. The van der Waals surface area contributed by atoms with Crippen molar-refractivity contribution >= 4 is 34.5 Å². The number of esters is 1. The van der Waals surface area contributed by atoms with Gasteiger partial charge in [0, 0.05) is 11.1 Å². The summed E-state index contributed by atoms with van der Waals surface area (Å²) in [7, 11) is 1.34. The molecule has 20 heavy (non-hydrogen) atoms. The number of carboxylic acid groups (broad SMARTS) is 1. The molecule has 0 fully saturated rings. The van der Waals surface area contributed by atoms with Crippen molar-refractivity contribution in [3.8, 4) is 0 Å². The fourth-order valence-electron chi connectivity index (χ4n) is 1.72. The maximum absolute atomic E-state index is 11.1. The van der Waals surface area contributed by atoms with Crippen LogP contribution in [0, 0.1) is 0 Å². The zero-order valence-corrected chi connectivity index (χ0v) is 11.6. The lowest BCUT2D eigenvalue weighted by atomic mass is 10.1. The first-order valence-electron chi connectivity index (χ1n) is 5.94. The number of benzene rings is 1. The molecule has 6 heteroatoms. The van der Waals surface area contributed by atoms with E-state index in [-0.39, 0.29) is 18.1 Å². The van der Waals surface area contributed by atoms with Crippen molar-refractivity contribution in [2.75, 3.05) is 12.9 Å². The normalized spacial score (nSPS) is 10.4. The molecule has 104 valence electrons. The molecule has 0 atom stereocenters. The second kappa shape index (κ2) is 6.38. The SMILES string of the molecule is COC(=O)CCSc1nc(C(=O)O)cc2ccccc12. The Morgan fingerprint density at radius 1 is 1.35 bits per heavy atom. The van der Waals surface area contributed by atoms with E-state index in [1.165, 1.54) is 18.9 Å². The van der Waals surface area contributed by atoms with Crippen LogP contribution < -0.4 is 0 Å². The van der Waals surface area contributed by atoms with E-state index in [1.807, 2.05) is 24.3 Å². The van der Waals surface area contributed by atoms with Gasteiger partial charge in [0.05, 0.1) is 13.5 Å². The van der Waals surface area contributed by atoms with E-state index in [1.54, 1.807) is 6.07 Å². The van der Waals surface area contributed by atoms with E-state index in [4.69, 9.17) is 5.11 Å². The van der Waals surface area contributed by atoms with Crippen molar-refractivity contribution in [3.05, 3.63) is 36.0 Å². The largest absolute Gasteiger partial charge is 0.477 e. The van der Waals surface area contributed by atoms with Crippen LogP contribution in [0.15, 0.2) is 35.4 Å². The molecule has 0 saturated carbocycles. The van der Waals surface area contributed by atoms with Crippen LogP contribution in [0.3, 0.4) is 0 Å². The summed E-state index contributed by atoms with van der Waals surface area (Å²) in [5.74, 6) is -0.867. The summed E-state index contributed by atoms with van der Waals surface area (Å²) < 4.78 is 4.57. The van der Waals surface area contributed by atoms with E-state index in [0.717, 1.165) is 10.8 Å². The fraction of sp³-hybridized carbons (Fsp3) is 0.214. The van der Waals surface area contributed by atoms with Gasteiger partial charge in [-0.15, -0.1) is 11.8 Å². The minimum atomic E-state index is -1.06. The Morgan fingerprint density at radius 2 is 2.10 bits per heavy atom. The molecule has 5 nitrogen and oxygen atoms in total. The van der Waals surface area contributed by atoms with E-state index in [9.17, 15) is 9.59 Å². The molecule has 1 N–H and O–H groups in total. The quantitative estimate of drug-likeness (QED) is 0.674. The summed E-state index contributed by atoms with van der Waals surface area (Å²) in [6.45, 7) is 0. The van der Waals surface area contributed by atoms with Gasteiger partial charge in [-0.05, 0) is 11.5 Å². The van der Waals surface area contributed by atoms with Gasteiger partial charge in [-0.3, -0.25) is 4.79 Å². The molecule has 1 aromatic carbocycles. The van der Waals surface area contributed by atoms with Crippen molar-refractivity contribution in [1.29, 1.82) is 0 Å². The third kappa shape index (κ3) is 3.27. The highest BCUT2D eigenvalue weighted by Gasteiger charge is 2.11. The fourth-order valence-corrected chi connectivity index (χ4v) is 2.69. The van der Waals surface area contributed by atoms with Gasteiger partial charge in [0.15, 0.2) is 0 Å². The Hall–Kier alpha value is -2.08. The average molecular weight is 291 g/mol. The summed E-state index contributed by atoms with van der Waals surface area (Å²) in [5.41, 5.74) is 0.00395. The highest BCUT2D eigenvalue weighted by atomic mass is 32.2. The standard InChI is InChI=1S/C14H13NO4S/c1-19-12(16)6-7-20-13-10-5-3-2-4-9(10)8-11(15-13)14(17)18/h2-5,8H,6-7H2,1H3,(H,17,18). The lowest BCUT2D eigenvalue weighted by Crippen LogP contribution is -2.03. The summed E-state index contributed by atoms with van der Waals surface area (Å²) in [6, 6.07) is 8.98. The number of carbonyl (C=O) groups is 2. The molecular formula is C14H13NO4S. The molecule has 0 spiro atoms. The van der Waals surface area contributed by atoms with Crippen LogP contribution >= 0.6 is 11.8 Å². The molecule has 1 heterocycles. The van der Waals surface area contributed by atoms with Crippen LogP contribution in [0.1, 0.15) is 16.9 Å². The molecule has 0 unspecified atom stereocenters. The highest BCUT2D eigenvalue weighted by Crippen LogP contribution is 2.27. The molecule has 2 aromatic rings. The number of nitrogens with zero attached hydrogens (tertiary/aromatic N) is 1.